The smallest absolute Gasteiger partial charge is 0.249 e. The van der Waals surface area contributed by atoms with Crippen LogP contribution in [0.4, 0.5) is 5.69 Å². The number of hydrogen-bond donors (Lipinski definition) is 2. The Kier molecular flexibility index (Phi) is 7.51. The van der Waals surface area contributed by atoms with E-state index >= 15 is 0 Å². The molecule has 0 saturated carbocycles. The molecule has 8 heteroatoms. The van der Waals surface area contributed by atoms with Gasteiger partial charge >= 0.3 is 0 Å². The molecule has 3 amide bonds. The number of rotatable bonds is 8. The van der Waals surface area contributed by atoms with Crippen molar-refractivity contribution in [3.8, 4) is 0 Å². The zero-order valence-corrected chi connectivity index (χ0v) is 22.4. The van der Waals surface area contributed by atoms with E-state index in [1.807, 2.05) is 84.9 Å². The first-order chi connectivity index (χ1) is 19.2. The molecule has 204 valence electrons. The number of hydrogen-bond acceptors (Lipinski definition) is 5. The molecule has 2 heterocycles. The van der Waals surface area contributed by atoms with E-state index < -0.39 is 17.6 Å². The predicted octanol–water partition coefficient (Wildman–Crippen LogP) is 4.37. The number of nitrogens with two attached hydrogens (primary N) is 1. The predicted molar refractivity (Wildman–Crippen MR) is 154 cm³/mol. The fourth-order valence-corrected chi connectivity index (χ4v) is 5.50. The number of anilines is 1. The number of nitrogens with one attached hydrogen (secondary N) is 1. The highest BCUT2D eigenvalue weighted by atomic mass is 16.7. The van der Waals surface area contributed by atoms with Gasteiger partial charge in [-0.25, -0.2) is 0 Å². The van der Waals surface area contributed by atoms with Gasteiger partial charge in [-0.2, -0.15) is 0 Å². The minimum atomic E-state index is -0.835. The summed E-state index contributed by atoms with van der Waals surface area (Å²) in [5, 5.41) is 7.35. The third-order valence-corrected chi connectivity index (χ3v) is 7.47. The third kappa shape index (κ3) is 5.66. The number of carbonyl (C=O) groups is 3. The Balaban J connectivity index is 1.28. The minimum absolute atomic E-state index is 0.0801. The van der Waals surface area contributed by atoms with Crippen LogP contribution < -0.4 is 11.1 Å². The summed E-state index contributed by atoms with van der Waals surface area (Å²) < 4.78 is 0. The lowest BCUT2D eigenvalue weighted by Crippen LogP contribution is -2.44. The van der Waals surface area contributed by atoms with Gasteiger partial charge in [0.25, 0.3) is 0 Å². The molecule has 1 spiro atoms. The van der Waals surface area contributed by atoms with Crippen LogP contribution in [0, 0.1) is 0 Å². The first kappa shape index (κ1) is 26.9. The highest BCUT2D eigenvalue weighted by molar-refractivity contribution is 6.04. The normalized spacial score (nSPS) is 19.8. The van der Waals surface area contributed by atoms with Crippen molar-refractivity contribution in [1.29, 1.82) is 0 Å². The molecule has 2 aliphatic heterocycles. The van der Waals surface area contributed by atoms with Gasteiger partial charge in [-0.3, -0.25) is 14.4 Å². The van der Waals surface area contributed by atoms with Crippen molar-refractivity contribution in [2.45, 2.75) is 43.7 Å². The van der Waals surface area contributed by atoms with Crippen LogP contribution in [0.1, 0.15) is 48.8 Å². The topological polar surface area (TPSA) is 114 Å². The molecule has 5 rings (SSSR count). The van der Waals surface area contributed by atoms with Crippen molar-refractivity contribution in [2.24, 2.45) is 10.9 Å². The number of oxime groups is 1. The van der Waals surface area contributed by atoms with Gasteiger partial charge in [0.1, 0.15) is 6.04 Å². The molecule has 0 radical (unpaired) electrons. The number of amides is 3. The summed E-state index contributed by atoms with van der Waals surface area (Å²) in [5.41, 5.74) is 9.35. The number of nitrogens with zero attached hydrogens (tertiary/aromatic N) is 2. The molecule has 0 aromatic heterocycles. The van der Waals surface area contributed by atoms with Gasteiger partial charge in [0.05, 0.1) is 12.3 Å². The Morgan fingerprint density at radius 1 is 1.05 bits per heavy atom. The van der Waals surface area contributed by atoms with Gasteiger partial charge < -0.3 is 20.8 Å². The van der Waals surface area contributed by atoms with E-state index in [-0.39, 0.29) is 37.1 Å². The molecule has 40 heavy (non-hydrogen) atoms. The summed E-state index contributed by atoms with van der Waals surface area (Å²) in [6, 6.07) is 26.6. The summed E-state index contributed by atoms with van der Waals surface area (Å²) in [4.78, 5) is 45.2. The zero-order valence-electron chi connectivity index (χ0n) is 22.4. The number of benzene rings is 3. The SMILES string of the molecule is C=C(C)C(=O)N1CC2(CC(c3cccc(NC(=O)CC(c4ccccc4)c4ccccc4)c3)=NO2)C[C@H]1C(N)=O. The fourth-order valence-electron chi connectivity index (χ4n) is 5.50. The summed E-state index contributed by atoms with van der Waals surface area (Å²) in [6.45, 7) is 5.50. The van der Waals surface area contributed by atoms with Gasteiger partial charge in [-0.05, 0) is 30.2 Å². The van der Waals surface area contributed by atoms with E-state index in [4.69, 9.17) is 10.6 Å². The number of primary amides is 1. The molecule has 1 fully saturated rings. The summed E-state index contributed by atoms with van der Waals surface area (Å²) in [6.07, 6.45) is 0.940. The highest BCUT2D eigenvalue weighted by Gasteiger charge is 2.53. The van der Waals surface area contributed by atoms with Crippen LogP contribution in [-0.2, 0) is 19.2 Å². The van der Waals surface area contributed by atoms with E-state index in [0.717, 1.165) is 16.7 Å². The van der Waals surface area contributed by atoms with Crippen LogP contribution >= 0.6 is 0 Å². The van der Waals surface area contributed by atoms with Crippen LogP contribution in [0.2, 0.25) is 0 Å². The van der Waals surface area contributed by atoms with E-state index in [0.29, 0.717) is 23.4 Å². The molecule has 2 aliphatic rings. The van der Waals surface area contributed by atoms with Gasteiger partial charge in [-0.1, -0.05) is 84.5 Å². The van der Waals surface area contributed by atoms with Gasteiger partial charge in [0.15, 0.2) is 5.60 Å². The second-order valence-electron chi connectivity index (χ2n) is 10.5. The van der Waals surface area contributed by atoms with Crippen LogP contribution in [0.5, 0.6) is 0 Å². The van der Waals surface area contributed by atoms with Crippen LogP contribution in [0.3, 0.4) is 0 Å². The van der Waals surface area contributed by atoms with Gasteiger partial charge in [0, 0.05) is 42.0 Å². The average Bonchev–Trinajstić information content (AvgIpc) is 3.56. The maximum Gasteiger partial charge on any atom is 0.249 e. The largest absolute Gasteiger partial charge is 0.387 e. The number of likely N-dealkylation sites (tertiary alicyclic amines) is 1. The van der Waals surface area contributed by atoms with Gasteiger partial charge in [0.2, 0.25) is 17.7 Å². The molecule has 2 atom stereocenters. The van der Waals surface area contributed by atoms with Crippen LogP contribution in [-0.4, -0.2) is 46.5 Å². The summed E-state index contributed by atoms with van der Waals surface area (Å²) in [7, 11) is 0. The molecule has 8 nitrogen and oxygen atoms in total. The fraction of sp³-hybridized carbons (Fsp3) is 0.250. The Morgan fingerprint density at radius 3 is 2.30 bits per heavy atom. The lowest BCUT2D eigenvalue weighted by Gasteiger charge is -2.23. The van der Waals surface area contributed by atoms with Crippen LogP contribution in [0.25, 0.3) is 0 Å². The Labute approximate surface area is 233 Å². The number of carbonyl (C=O) groups excluding carboxylic acids is 3. The lowest BCUT2D eigenvalue weighted by atomic mass is 9.88. The molecule has 3 N–H and O–H groups in total. The Bertz CT molecular complexity index is 1430. The molecule has 1 unspecified atom stereocenters. The minimum Gasteiger partial charge on any atom is -0.387 e. The average molecular weight is 537 g/mol. The van der Waals surface area contributed by atoms with E-state index in [1.165, 1.54) is 4.90 Å². The van der Waals surface area contributed by atoms with Crippen molar-refractivity contribution in [2.75, 3.05) is 11.9 Å². The monoisotopic (exact) mass is 536 g/mol. The standard InChI is InChI=1S/C32H32N4O4/c1-21(2)31(39)36-20-32(19-28(36)30(33)38)18-27(35-40-32)24-14-9-15-25(16-24)34-29(37)17-26(22-10-5-3-6-11-22)23-12-7-4-8-13-23/h3-16,26,28H,1,17-20H2,2H3,(H2,33,38)(H,34,37)/t28-,32?/m0/s1. The quantitative estimate of drug-likeness (QED) is 0.416. The van der Waals surface area contributed by atoms with Crippen LogP contribution in [0.15, 0.2) is 102 Å². The Hall–Kier alpha value is -4.72. The molecule has 0 bridgehead atoms. The molecule has 1 saturated heterocycles. The second-order valence-corrected chi connectivity index (χ2v) is 10.5. The van der Waals surface area contributed by atoms with E-state index in [1.54, 1.807) is 6.92 Å². The second kappa shape index (κ2) is 11.2. The van der Waals surface area contributed by atoms with Crippen molar-refractivity contribution in [3.63, 3.8) is 0 Å². The molecule has 3 aromatic carbocycles. The molecule has 3 aromatic rings. The maximum absolute atomic E-state index is 13.2. The molecule has 0 aliphatic carbocycles. The van der Waals surface area contributed by atoms with Gasteiger partial charge in [-0.15, -0.1) is 0 Å². The van der Waals surface area contributed by atoms with E-state index in [2.05, 4.69) is 17.1 Å². The third-order valence-electron chi connectivity index (χ3n) is 7.47. The summed E-state index contributed by atoms with van der Waals surface area (Å²) in [5.74, 6) is -1.10. The van der Waals surface area contributed by atoms with E-state index in [9.17, 15) is 14.4 Å². The van der Waals surface area contributed by atoms with Crippen molar-refractivity contribution in [3.05, 3.63) is 114 Å². The molecular weight excluding hydrogens is 504 g/mol. The van der Waals surface area contributed by atoms with Crippen molar-refractivity contribution in [1.82, 2.24) is 4.90 Å². The first-order valence-corrected chi connectivity index (χ1v) is 13.3. The van der Waals surface area contributed by atoms with Crippen molar-refractivity contribution >= 4 is 29.1 Å². The zero-order chi connectivity index (χ0) is 28.3. The maximum atomic E-state index is 13.2. The highest BCUT2D eigenvalue weighted by Crippen LogP contribution is 2.39. The van der Waals surface area contributed by atoms with Crippen molar-refractivity contribution < 1.29 is 19.2 Å². The summed E-state index contributed by atoms with van der Waals surface area (Å²) >= 11 is 0. The lowest BCUT2D eigenvalue weighted by molar-refractivity contribution is -0.134. The Morgan fingerprint density at radius 2 is 1.70 bits per heavy atom. The first-order valence-electron chi connectivity index (χ1n) is 13.3. The molecular formula is C32H32N4O4.